The minimum Gasteiger partial charge on any atom is -0.384 e. The van der Waals surface area contributed by atoms with Gasteiger partial charge in [-0.1, -0.05) is 23.7 Å². The van der Waals surface area contributed by atoms with Crippen molar-refractivity contribution in [1.29, 1.82) is 5.41 Å². The van der Waals surface area contributed by atoms with Gasteiger partial charge in [0.05, 0.1) is 17.1 Å². The van der Waals surface area contributed by atoms with Gasteiger partial charge >= 0.3 is 0 Å². The third-order valence-corrected chi connectivity index (χ3v) is 4.02. The van der Waals surface area contributed by atoms with Gasteiger partial charge in [0.15, 0.2) is 0 Å². The number of anilines is 3. The van der Waals surface area contributed by atoms with Gasteiger partial charge in [0.2, 0.25) is 0 Å². The first-order chi connectivity index (χ1) is 10.1. The molecule has 1 aliphatic heterocycles. The molecule has 0 saturated heterocycles. The van der Waals surface area contributed by atoms with E-state index in [9.17, 15) is 0 Å². The van der Waals surface area contributed by atoms with Crippen LogP contribution in [0.2, 0.25) is 5.02 Å². The second-order valence-corrected chi connectivity index (χ2v) is 5.57. The molecule has 21 heavy (non-hydrogen) atoms. The number of nitrogens with one attached hydrogen (secondary N) is 1. The third-order valence-electron chi connectivity index (χ3n) is 3.78. The lowest BCUT2D eigenvalue weighted by molar-refractivity contribution is 0.821. The average molecular weight is 301 g/mol. The molecule has 0 spiro atoms. The summed E-state index contributed by atoms with van der Waals surface area (Å²) >= 11 is 6.15. The molecule has 0 unspecified atom stereocenters. The normalized spacial score (nSPS) is 14.0. The number of nitrogens with two attached hydrogens (primary N) is 1. The van der Waals surface area contributed by atoms with E-state index in [4.69, 9.17) is 22.7 Å². The lowest BCUT2D eigenvalue weighted by atomic mass is 10.1. The maximum Gasteiger partial charge on any atom is 0.124 e. The molecule has 2 aromatic carbocycles. The van der Waals surface area contributed by atoms with Crippen LogP contribution in [-0.2, 0) is 0 Å². The fourth-order valence-electron chi connectivity index (χ4n) is 2.71. The smallest absolute Gasteiger partial charge is 0.124 e. The topological polar surface area (TPSA) is 56.4 Å². The van der Waals surface area contributed by atoms with Gasteiger partial charge < -0.3 is 15.5 Å². The third kappa shape index (κ3) is 2.43. The molecule has 0 fully saturated rings. The van der Waals surface area contributed by atoms with Crippen molar-refractivity contribution in [3.8, 4) is 0 Å². The highest BCUT2D eigenvalue weighted by Gasteiger charge is 2.23. The number of hydrogen-bond acceptors (Lipinski definition) is 3. The molecular weight excluding hydrogens is 284 g/mol. The van der Waals surface area contributed by atoms with Gasteiger partial charge in [-0.2, -0.15) is 0 Å². The predicted octanol–water partition coefficient (Wildman–Crippen LogP) is 3.21. The molecule has 1 aliphatic rings. The van der Waals surface area contributed by atoms with Gasteiger partial charge in [-0.25, -0.2) is 0 Å². The molecule has 2 aromatic rings. The van der Waals surface area contributed by atoms with Crippen LogP contribution >= 0.6 is 11.6 Å². The van der Waals surface area contributed by atoms with Crippen molar-refractivity contribution in [2.75, 3.05) is 29.9 Å². The van der Waals surface area contributed by atoms with E-state index >= 15 is 0 Å². The lowest BCUT2D eigenvalue weighted by Gasteiger charge is -2.37. The molecule has 3 N–H and O–H groups in total. The largest absolute Gasteiger partial charge is 0.384 e. The highest BCUT2D eigenvalue weighted by Crippen LogP contribution is 2.38. The molecule has 1 heterocycles. The number of fused-ring (bicyclic) bond motifs is 1. The number of rotatable bonds is 2. The Bertz CT molecular complexity index is 698. The van der Waals surface area contributed by atoms with E-state index in [1.165, 1.54) is 5.69 Å². The van der Waals surface area contributed by atoms with Crippen LogP contribution in [0.3, 0.4) is 0 Å². The number of nitrogen functional groups attached to an aromatic ring is 1. The summed E-state index contributed by atoms with van der Waals surface area (Å²) in [5.41, 5.74) is 9.59. The second-order valence-electron chi connectivity index (χ2n) is 5.14. The van der Waals surface area contributed by atoms with E-state index in [1.807, 2.05) is 18.2 Å². The fraction of sp³-hybridized carbons (Fsp3) is 0.188. The molecule has 0 amide bonds. The van der Waals surface area contributed by atoms with Crippen molar-refractivity contribution in [2.24, 2.45) is 5.73 Å². The number of halogens is 1. The summed E-state index contributed by atoms with van der Waals surface area (Å²) in [7, 11) is 2.08. The van der Waals surface area contributed by atoms with Gasteiger partial charge in [-0.3, -0.25) is 5.41 Å². The predicted molar refractivity (Wildman–Crippen MR) is 89.2 cm³/mol. The van der Waals surface area contributed by atoms with Crippen LogP contribution in [0.25, 0.3) is 0 Å². The maximum absolute atomic E-state index is 7.79. The second kappa shape index (κ2) is 5.30. The summed E-state index contributed by atoms with van der Waals surface area (Å²) in [4.78, 5) is 4.40. The molecule has 108 valence electrons. The first-order valence-electron chi connectivity index (χ1n) is 6.79. The Morgan fingerprint density at radius 1 is 1.10 bits per heavy atom. The van der Waals surface area contributed by atoms with Gasteiger partial charge in [0, 0.05) is 30.7 Å². The molecule has 0 saturated carbocycles. The highest BCUT2D eigenvalue weighted by molar-refractivity contribution is 6.31. The lowest BCUT2D eigenvalue weighted by Crippen LogP contribution is -2.37. The van der Waals surface area contributed by atoms with Crippen LogP contribution in [0.15, 0.2) is 42.5 Å². The van der Waals surface area contributed by atoms with Crippen LogP contribution in [0.1, 0.15) is 5.56 Å². The van der Waals surface area contributed by atoms with Gasteiger partial charge in [-0.15, -0.1) is 0 Å². The number of para-hydroxylation sites is 2. The van der Waals surface area contributed by atoms with E-state index in [2.05, 4.69) is 29.0 Å². The number of nitrogens with zero attached hydrogens (tertiary/aromatic N) is 2. The van der Waals surface area contributed by atoms with E-state index in [0.29, 0.717) is 10.6 Å². The molecule has 0 radical (unpaired) electrons. The average Bonchev–Trinajstić information content (AvgIpc) is 2.47. The van der Waals surface area contributed by atoms with E-state index in [-0.39, 0.29) is 5.84 Å². The zero-order valence-electron chi connectivity index (χ0n) is 11.8. The van der Waals surface area contributed by atoms with Crippen LogP contribution < -0.4 is 15.5 Å². The van der Waals surface area contributed by atoms with Crippen LogP contribution in [-0.4, -0.2) is 26.0 Å². The molecule has 0 bridgehead atoms. The maximum atomic E-state index is 7.79. The summed E-state index contributed by atoms with van der Waals surface area (Å²) in [6.45, 7) is 1.73. The standard InChI is InChI=1S/C16H17ClN4/c1-20-8-9-21(14-5-3-2-4-13(14)20)15-10-11(17)6-7-12(15)16(18)19/h2-7,10H,8-9H2,1H3,(H3,18,19). The zero-order valence-corrected chi connectivity index (χ0v) is 12.6. The minimum atomic E-state index is 0.0538. The van der Waals surface area contributed by atoms with E-state index in [1.54, 1.807) is 12.1 Å². The van der Waals surface area contributed by atoms with Crippen LogP contribution in [0.5, 0.6) is 0 Å². The summed E-state index contributed by atoms with van der Waals surface area (Å²) in [6, 6.07) is 13.7. The molecule has 5 heteroatoms. The molecule has 0 aromatic heterocycles. The Labute approximate surface area is 129 Å². The summed E-state index contributed by atoms with van der Waals surface area (Å²) in [6.07, 6.45) is 0. The highest BCUT2D eigenvalue weighted by atomic mass is 35.5. The molecule has 4 nitrogen and oxygen atoms in total. The van der Waals surface area contributed by atoms with Crippen molar-refractivity contribution >= 4 is 34.5 Å². The molecule has 3 rings (SSSR count). The number of benzene rings is 2. The number of amidine groups is 1. The first-order valence-corrected chi connectivity index (χ1v) is 7.17. The first kappa shape index (κ1) is 13.8. The van der Waals surface area contributed by atoms with Crippen molar-refractivity contribution in [3.63, 3.8) is 0 Å². The Balaban J connectivity index is 2.16. The Morgan fingerprint density at radius 3 is 2.52 bits per heavy atom. The molecule has 0 aliphatic carbocycles. The van der Waals surface area contributed by atoms with E-state index in [0.717, 1.165) is 24.5 Å². The number of hydrogen-bond donors (Lipinski definition) is 2. The van der Waals surface area contributed by atoms with Crippen molar-refractivity contribution in [1.82, 2.24) is 0 Å². The molecule has 0 atom stereocenters. The quantitative estimate of drug-likeness (QED) is 0.661. The fourth-order valence-corrected chi connectivity index (χ4v) is 2.88. The summed E-state index contributed by atoms with van der Waals surface area (Å²) in [5, 5.41) is 8.43. The van der Waals surface area contributed by atoms with Crippen LogP contribution in [0.4, 0.5) is 17.1 Å². The number of likely N-dealkylation sites (N-methyl/N-ethyl adjacent to an activating group) is 1. The van der Waals surface area contributed by atoms with Crippen LogP contribution in [0, 0.1) is 5.41 Å². The molecular formula is C16H17ClN4. The summed E-state index contributed by atoms with van der Waals surface area (Å²) in [5.74, 6) is 0.0538. The SMILES string of the molecule is CN1CCN(c2cc(Cl)ccc2C(=N)N)c2ccccc21. The van der Waals surface area contributed by atoms with Crippen molar-refractivity contribution < 1.29 is 0 Å². The van der Waals surface area contributed by atoms with E-state index < -0.39 is 0 Å². The Hall–Kier alpha value is -2.20. The monoisotopic (exact) mass is 300 g/mol. The minimum absolute atomic E-state index is 0.0538. The Kier molecular flexibility index (Phi) is 3.47. The van der Waals surface area contributed by atoms with Gasteiger partial charge in [0.1, 0.15) is 5.84 Å². The van der Waals surface area contributed by atoms with Crippen molar-refractivity contribution in [3.05, 3.63) is 53.1 Å². The zero-order chi connectivity index (χ0) is 15.0. The summed E-state index contributed by atoms with van der Waals surface area (Å²) < 4.78 is 0. The Morgan fingerprint density at radius 2 is 1.81 bits per heavy atom. The van der Waals surface area contributed by atoms with Crippen molar-refractivity contribution in [2.45, 2.75) is 0 Å². The van der Waals surface area contributed by atoms with Gasteiger partial charge in [0.25, 0.3) is 0 Å². The van der Waals surface area contributed by atoms with Gasteiger partial charge in [-0.05, 0) is 30.3 Å².